The van der Waals surface area contributed by atoms with Crippen molar-refractivity contribution >= 4 is 40.1 Å². The molecule has 0 unspecified atom stereocenters. The molecule has 1 atom stereocenters. The third-order valence-corrected chi connectivity index (χ3v) is 6.79. The van der Waals surface area contributed by atoms with E-state index in [-0.39, 0.29) is 24.1 Å². The Bertz CT molecular complexity index is 1190. The molecule has 7 heteroatoms. The lowest BCUT2D eigenvalue weighted by Crippen LogP contribution is -2.43. The first-order valence-corrected chi connectivity index (χ1v) is 11.7. The number of likely N-dealkylation sites (tertiary alicyclic amines) is 1. The number of nitriles is 1. The Labute approximate surface area is 191 Å². The molecule has 1 aromatic carbocycles. The lowest BCUT2D eigenvalue weighted by atomic mass is 10.0. The third-order valence-electron chi connectivity index (χ3n) is 5.92. The minimum absolute atomic E-state index is 0.0421. The first-order valence-electron chi connectivity index (χ1n) is 10.9. The maximum atomic E-state index is 13.0. The summed E-state index contributed by atoms with van der Waals surface area (Å²) in [4.78, 5) is 28.6. The van der Waals surface area contributed by atoms with Crippen LogP contribution in [0.4, 0.5) is 0 Å². The molecule has 0 saturated carbocycles. The second-order valence-electron chi connectivity index (χ2n) is 8.09. The second kappa shape index (κ2) is 9.84. The number of aromatic nitrogens is 1. The summed E-state index contributed by atoms with van der Waals surface area (Å²) >= 11 is 1.55. The SMILES string of the molecule is C[C@H]1CCCCN1C(=O)Cn1cc(/C=C(\C#N)C(=O)NCc2cccs2)c2ccccc21. The molecule has 0 radical (unpaired) electrons. The molecule has 164 valence electrons. The number of rotatable bonds is 6. The molecular weight excluding hydrogens is 420 g/mol. The fourth-order valence-corrected chi connectivity index (χ4v) is 4.85. The first kappa shape index (κ1) is 21.8. The Balaban J connectivity index is 1.58. The number of thiophene rings is 1. The van der Waals surface area contributed by atoms with Crippen LogP contribution in [-0.2, 0) is 22.7 Å². The number of piperidine rings is 1. The van der Waals surface area contributed by atoms with E-state index in [1.807, 2.05) is 63.5 Å². The van der Waals surface area contributed by atoms with Crippen molar-refractivity contribution in [3.05, 3.63) is 64.0 Å². The van der Waals surface area contributed by atoms with Crippen LogP contribution in [0.3, 0.4) is 0 Å². The summed E-state index contributed by atoms with van der Waals surface area (Å²) < 4.78 is 1.92. The molecule has 3 aromatic rings. The van der Waals surface area contributed by atoms with Crippen molar-refractivity contribution in [3.8, 4) is 6.07 Å². The molecule has 4 rings (SSSR count). The Hall–Kier alpha value is -3.37. The van der Waals surface area contributed by atoms with E-state index in [4.69, 9.17) is 0 Å². The summed E-state index contributed by atoms with van der Waals surface area (Å²) in [6.45, 7) is 3.53. The number of nitrogens with zero attached hydrogens (tertiary/aromatic N) is 3. The lowest BCUT2D eigenvalue weighted by Gasteiger charge is -2.33. The molecule has 2 amide bonds. The number of benzene rings is 1. The number of amides is 2. The topological polar surface area (TPSA) is 78.1 Å². The van der Waals surface area contributed by atoms with E-state index in [1.165, 1.54) is 0 Å². The van der Waals surface area contributed by atoms with Gasteiger partial charge in [0.25, 0.3) is 5.91 Å². The molecule has 6 nitrogen and oxygen atoms in total. The van der Waals surface area contributed by atoms with E-state index >= 15 is 0 Å². The number of hydrogen-bond acceptors (Lipinski definition) is 4. The minimum Gasteiger partial charge on any atom is -0.347 e. The van der Waals surface area contributed by atoms with E-state index in [1.54, 1.807) is 17.4 Å². The van der Waals surface area contributed by atoms with Crippen LogP contribution in [0.15, 0.2) is 53.5 Å². The Kier molecular flexibility index (Phi) is 6.72. The van der Waals surface area contributed by atoms with Crippen molar-refractivity contribution in [1.29, 1.82) is 5.26 Å². The molecule has 1 aliphatic heterocycles. The zero-order valence-electron chi connectivity index (χ0n) is 18.1. The molecular formula is C25H26N4O2S. The number of fused-ring (bicyclic) bond motifs is 1. The van der Waals surface area contributed by atoms with Crippen LogP contribution in [-0.4, -0.2) is 33.9 Å². The van der Waals surface area contributed by atoms with Gasteiger partial charge in [-0.1, -0.05) is 24.3 Å². The summed E-state index contributed by atoms with van der Waals surface area (Å²) in [5.41, 5.74) is 1.71. The normalized spacial score (nSPS) is 16.7. The highest BCUT2D eigenvalue weighted by molar-refractivity contribution is 7.09. The number of para-hydroxylation sites is 1. The van der Waals surface area contributed by atoms with Crippen LogP contribution in [0, 0.1) is 11.3 Å². The molecule has 1 fully saturated rings. The van der Waals surface area contributed by atoms with Gasteiger partial charge < -0.3 is 14.8 Å². The molecule has 1 aliphatic rings. The quantitative estimate of drug-likeness (QED) is 0.452. The van der Waals surface area contributed by atoms with E-state index in [9.17, 15) is 14.9 Å². The largest absolute Gasteiger partial charge is 0.347 e. The maximum absolute atomic E-state index is 13.0. The molecule has 3 heterocycles. The number of carbonyl (C=O) groups is 2. The lowest BCUT2D eigenvalue weighted by molar-refractivity contribution is -0.135. The average Bonchev–Trinajstić information content (AvgIpc) is 3.44. The third kappa shape index (κ3) is 4.76. The van der Waals surface area contributed by atoms with Crippen LogP contribution in [0.25, 0.3) is 17.0 Å². The van der Waals surface area contributed by atoms with E-state index in [2.05, 4.69) is 12.2 Å². The number of hydrogen-bond donors (Lipinski definition) is 1. The summed E-state index contributed by atoms with van der Waals surface area (Å²) in [5, 5.41) is 15.3. The zero-order valence-corrected chi connectivity index (χ0v) is 18.9. The van der Waals surface area contributed by atoms with Crippen LogP contribution < -0.4 is 5.32 Å². The van der Waals surface area contributed by atoms with Crippen molar-refractivity contribution in [3.63, 3.8) is 0 Å². The van der Waals surface area contributed by atoms with Crippen LogP contribution >= 0.6 is 11.3 Å². The molecule has 1 N–H and O–H groups in total. The summed E-state index contributed by atoms with van der Waals surface area (Å²) in [6.07, 6.45) is 6.72. The predicted octanol–water partition coefficient (Wildman–Crippen LogP) is 4.33. The maximum Gasteiger partial charge on any atom is 0.262 e. The highest BCUT2D eigenvalue weighted by atomic mass is 32.1. The highest BCUT2D eigenvalue weighted by Crippen LogP contribution is 2.25. The number of carbonyl (C=O) groups excluding carboxylic acids is 2. The molecule has 1 saturated heterocycles. The smallest absolute Gasteiger partial charge is 0.262 e. The Morgan fingerprint density at radius 3 is 2.84 bits per heavy atom. The highest BCUT2D eigenvalue weighted by Gasteiger charge is 2.24. The molecule has 32 heavy (non-hydrogen) atoms. The monoisotopic (exact) mass is 446 g/mol. The predicted molar refractivity (Wildman–Crippen MR) is 127 cm³/mol. The average molecular weight is 447 g/mol. The molecule has 0 bridgehead atoms. The Morgan fingerprint density at radius 1 is 1.25 bits per heavy atom. The van der Waals surface area contributed by atoms with Gasteiger partial charge in [-0.2, -0.15) is 5.26 Å². The van der Waals surface area contributed by atoms with Crippen molar-refractivity contribution in [1.82, 2.24) is 14.8 Å². The van der Waals surface area contributed by atoms with Gasteiger partial charge in [-0.05, 0) is 49.8 Å². The van der Waals surface area contributed by atoms with Gasteiger partial charge in [0.2, 0.25) is 5.91 Å². The minimum atomic E-state index is -0.407. The van der Waals surface area contributed by atoms with Gasteiger partial charge in [0, 0.05) is 40.1 Å². The van der Waals surface area contributed by atoms with Gasteiger partial charge in [0.05, 0.1) is 6.54 Å². The second-order valence-corrected chi connectivity index (χ2v) is 9.13. The van der Waals surface area contributed by atoms with Crippen LogP contribution in [0.5, 0.6) is 0 Å². The van der Waals surface area contributed by atoms with Gasteiger partial charge in [-0.25, -0.2) is 0 Å². The molecule has 0 spiro atoms. The van der Waals surface area contributed by atoms with E-state index in [0.29, 0.717) is 6.54 Å². The first-order chi connectivity index (χ1) is 15.6. The standard InChI is InChI=1S/C25H26N4O2S/c1-18-7-4-5-11-29(18)24(30)17-28-16-20(22-9-2-3-10-23(22)28)13-19(14-26)25(31)27-15-21-8-6-12-32-21/h2-3,6,8-10,12-13,16,18H,4-5,7,11,15,17H2,1H3,(H,27,31)/b19-13+/t18-/m0/s1. The fraction of sp³-hybridized carbons (Fsp3) is 0.320. The zero-order chi connectivity index (χ0) is 22.5. The van der Waals surface area contributed by atoms with Gasteiger partial charge in [0.15, 0.2) is 0 Å². The van der Waals surface area contributed by atoms with Crippen molar-refractivity contribution in [2.24, 2.45) is 0 Å². The molecule has 0 aliphatic carbocycles. The summed E-state index contributed by atoms with van der Waals surface area (Å²) in [6, 6.07) is 13.9. The van der Waals surface area contributed by atoms with Crippen molar-refractivity contribution < 1.29 is 9.59 Å². The Morgan fingerprint density at radius 2 is 2.09 bits per heavy atom. The fourth-order valence-electron chi connectivity index (χ4n) is 4.21. The van der Waals surface area contributed by atoms with Crippen LogP contribution in [0.2, 0.25) is 0 Å². The summed E-state index contributed by atoms with van der Waals surface area (Å²) in [5.74, 6) is -0.307. The van der Waals surface area contributed by atoms with Crippen LogP contribution in [0.1, 0.15) is 36.6 Å². The van der Waals surface area contributed by atoms with E-state index in [0.717, 1.165) is 47.2 Å². The van der Waals surface area contributed by atoms with Crippen molar-refractivity contribution in [2.75, 3.05) is 6.54 Å². The van der Waals surface area contributed by atoms with Crippen molar-refractivity contribution in [2.45, 2.75) is 45.3 Å². The summed E-state index contributed by atoms with van der Waals surface area (Å²) in [7, 11) is 0. The molecule has 2 aromatic heterocycles. The van der Waals surface area contributed by atoms with Gasteiger partial charge in [0.1, 0.15) is 18.2 Å². The number of nitrogens with one attached hydrogen (secondary N) is 1. The van der Waals surface area contributed by atoms with E-state index < -0.39 is 5.91 Å². The van der Waals surface area contributed by atoms with Gasteiger partial charge in [-0.15, -0.1) is 11.3 Å². The van der Waals surface area contributed by atoms with Gasteiger partial charge >= 0.3 is 0 Å². The van der Waals surface area contributed by atoms with Gasteiger partial charge in [-0.3, -0.25) is 9.59 Å².